The third-order valence-electron chi connectivity index (χ3n) is 4.84. The first-order chi connectivity index (χ1) is 14.8. The predicted molar refractivity (Wildman–Crippen MR) is 105 cm³/mol. The molecule has 156 valence electrons. The molecule has 3 aromatic rings. The van der Waals surface area contributed by atoms with Crippen LogP contribution in [0.3, 0.4) is 0 Å². The van der Waals surface area contributed by atoms with Crippen LogP contribution in [0.4, 0.5) is 11.9 Å². The molecule has 0 atom stereocenters. The molecule has 0 spiro atoms. The van der Waals surface area contributed by atoms with Gasteiger partial charge in [0.2, 0.25) is 11.9 Å². The minimum absolute atomic E-state index is 0.253. The van der Waals surface area contributed by atoms with Gasteiger partial charge < -0.3 is 24.0 Å². The summed E-state index contributed by atoms with van der Waals surface area (Å²) >= 11 is 0. The molecule has 2 aliphatic heterocycles. The average Bonchev–Trinajstić information content (AvgIpc) is 3.36. The summed E-state index contributed by atoms with van der Waals surface area (Å²) in [6, 6.07) is 7.62. The maximum absolute atomic E-state index is 5.97. The third-order valence-corrected chi connectivity index (χ3v) is 4.84. The molecular weight excluding hydrogens is 390 g/mol. The Kier molecular flexibility index (Phi) is 5.31. The SMILES string of the molecule is c1cc(-n2cnnn2)ccc1Oc1nc(N2CCOCC2)nc(N2CCOCC2)n1. The van der Waals surface area contributed by atoms with Crippen molar-refractivity contribution in [1.82, 2.24) is 35.2 Å². The molecule has 5 rings (SSSR count). The van der Waals surface area contributed by atoms with Crippen molar-refractivity contribution in [2.75, 3.05) is 62.4 Å². The van der Waals surface area contributed by atoms with E-state index in [-0.39, 0.29) is 6.01 Å². The molecule has 2 saturated heterocycles. The van der Waals surface area contributed by atoms with E-state index in [4.69, 9.17) is 14.2 Å². The Bertz CT molecular complexity index is 919. The standard InChI is InChI=1S/C18H21N9O3/c1-3-15(4-2-14(1)27-13-19-23-24-27)30-18-21-16(25-5-9-28-10-6-25)20-17(22-18)26-7-11-29-12-8-26/h1-4,13H,5-12H2. The van der Waals surface area contributed by atoms with Gasteiger partial charge in [-0.25, -0.2) is 4.68 Å². The third kappa shape index (κ3) is 4.14. The monoisotopic (exact) mass is 411 g/mol. The van der Waals surface area contributed by atoms with E-state index in [1.54, 1.807) is 4.68 Å². The molecule has 0 saturated carbocycles. The number of benzene rings is 1. The molecule has 0 aliphatic carbocycles. The van der Waals surface area contributed by atoms with Gasteiger partial charge in [0.1, 0.15) is 12.1 Å². The largest absolute Gasteiger partial charge is 0.424 e. The van der Waals surface area contributed by atoms with Crippen LogP contribution in [0.5, 0.6) is 11.8 Å². The van der Waals surface area contributed by atoms with Gasteiger partial charge in [-0.1, -0.05) is 0 Å². The maximum Gasteiger partial charge on any atom is 0.328 e. The van der Waals surface area contributed by atoms with Crippen LogP contribution in [0.25, 0.3) is 5.69 Å². The molecule has 0 bridgehead atoms. The number of hydrogen-bond donors (Lipinski definition) is 0. The van der Waals surface area contributed by atoms with Gasteiger partial charge in [-0.3, -0.25) is 0 Å². The van der Waals surface area contributed by atoms with Gasteiger partial charge >= 0.3 is 6.01 Å². The average molecular weight is 411 g/mol. The number of tetrazole rings is 1. The van der Waals surface area contributed by atoms with Gasteiger partial charge in [0, 0.05) is 26.2 Å². The lowest BCUT2D eigenvalue weighted by atomic mass is 10.3. The summed E-state index contributed by atoms with van der Waals surface area (Å²) in [7, 11) is 0. The second kappa shape index (κ2) is 8.55. The fraction of sp³-hybridized carbons (Fsp3) is 0.444. The zero-order valence-electron chi connectivity index (χ0n) is 16.3. The Morgan fingerprint density at radius 2 is 1.37 bits per heavy atom. The van der Waals surface area contributed by atoms with Crippen molar-refractivity contribution in [3.8, 4) is 17.4 Å². The molecular formula is C18H21N9O3. The molecule has 0 amide bonds. The maximum atomic E-state index is 5.97. The number of hydrogen-bond acceptors (Lipinski definition) is 11. The van der Waals surface area contributed by atoms with E-state index in [1.807, 2.05) is 24.3 Å². The molecule has 12 nitrogen and oxygen atoms in total. The van der Waals surface area contributed by atoms with Gasteiger partial charge in [-0.05, 0) is 34.7 Å². The Balaban J connectivity index is 1.41. The second-order valence-electron chi connectivity index (χ2n) is 6.77. The van der Waals surface area contributed by atoms with Gasteiger partial charge in [0.15, 0.2) is 0 Å². The molecule has 2 aromatic heterocycles. The van der Waals surface area contributed by atoms with E-state index in [2.05, 4.69) is 40.3 Å². The molecule has 30 heavy (non-hydrogen) atoms. The normalized spacial score (nSPS) is 17.2. The van der Waals surface area contributed by atoms with Crippen LogP contribution in [0.15, 0.2) is 30.6 Å². The van der Waals surface area contributed by atoms with E-state index in [1.165, 1.54) is 6.33 Å². The Morgan fingerprint density at radius 1 is 0.767 bits per heavy atom. The van der Waals surface area contributed by atoms with Crippen LogP contribution in [0, 0.1) is 0 Å². The van der Waals surface area contributed by atoms with Crippen molar-refractivity contribution in [3.05, 3.63) is 30.6 Å². The summed E-state index contributed by atoms with van der Waals surface area (Å²) < 4.78 is 18.4. The summed E-state index contributed by atoms with van der Waals surface area (Å²) in [5.41, 5.74) is 0.825. The summed E-state index contributed by atoms with van der Waals surface area (Å²) in [4.78, 5) is 18.0. The molecule has 4 heterocycles. The van der Waals surface area contributed by atoms with Crippen LogP contribution in [-0.4, -0.2) is 87.8 Å². The Morgan fingerprint density at radius 3 is 1.90 bits per heavy atom. The Hall–Kier alpha value is -3.38. The highest BCUT2D eigenvalue weighted by Crippen LogP contribution is 2.24. The van der Waals surface area contributed by atoms with Crippen LogP contribution in [-0.2, 0) is 9.47 Å². The number of nitrogens with zero attached hydrogens (tertiary/aromatic N) is 9. The van der Waals surface area contributed by atoms with Crippen LogP contribution in [0.1, 0.15) is 0 Å². The van der Waals surface area contributed by atoms with Gasteiger partial charge in [0.05, 0.1) is 32.1 Å². The summed E-state index contributed by atoms with van der Waals surface area (Å²) in [5.74, 6) is 1.80. The van der Waals surface area contributed by atoms with Gasteiger partial charge in [-0.15, -0.1) is 5.10 Å². The minimum atomic E-state index is 0.253. The zero-order valence-corrected chi connectivity index (χ0v) is 16.3. The predicted octanol–water partition coefficient (Wildman–Crippen LogP) is 0.313. The van der Waals surface area contributed by atoms with Gasteiger partial charge in [-0.2, -0.15) is 15.0 Å². The highest BCUT2D eigenvalue weighted by molar-refractivity contribution is 5.42. The van der Waals surface area contributed by atoms with Crippen LogP contribution >= 0.6 is 0 Å². The molecule has 12 heteroatoms. The van der Waals surface area contributed by atoms with E-state index in [0.717, 1.165) is 31.9 Å². The lowest BCUT2D eigenvalue weighted by Gasteiger charge is -2.30. The summed E-state index contributed by atoms with van der Waals surface area (Å²) in [6.07, 6.45) is 1.53. The topological polar surface area (TPSA) is 116 Å². The fourth-order valence-electron chi connectivity index (χ4n) is 3.24. The quantitative estimate of drug-likeness (QED) is 0.577. The number of rotatable bonds is 5. The van der Waals surface area contributed by atoms with E-state index in [9.17, 15) is 0 Å². The van der Waals surface area contributed by atoms with Crippen molar-refractivity contribution in [1.29, 1.82) is 0 Å². The first-order valence-electron chi connectivity index (χ1n) is 9.78. The number of ether oxygens (including phenoxy) is 3. The highest BCUT2D eigenvalue weighted by atomic mass is 16.5. The van der Waals surface area contributed by atoms with Crippen molar-refractivity contribution >= 4 is 11.9 Å². The van der Waals surface area contributed by atoms with E-state index < -0.39 is 0 Å². The number of aromatic nitrogens is 7. The smallest absolute Gasteiger partial charge is 0.328 e. The molecule has 1 aromatic carbocycles. The Labute approximate surface area is 172 Å². The molecule has 2 aliphatic rings. The molecule has 0 unspecified atom stereocenters. The minimum Gasteiger partial charge on any atom is -0.424 e. The van der Waals surface area contributed by atoms with Crippen molar-refractivity contribution in [3.63, 3.8) is 0 Å². The molecule has 0 radical (unpaired) electrons. The lowest BCUT2D eigenvalue weighted by molar-refractivity contribution is 0.121. The van der Waals surface area contributed by atoms with Crippen LogP contribution < -0.4 is 14.5 Å². The fourth-order valence-corrected chi connectivity index (χ4v) is 3.24. The van der Waals surface area contributed by atoms with Gasteiger partial charge in [0.25, 0.3) is 0 Å². The second-order valence-corrected chi connectivity index (χ2v) is 6.77. The van der Waals surface area contributed by atoms with Crippen molar-refractivity contribution < 1.29 is 14.2 Å². The zero-order chi connectivity index (χ0) is 20.2. The highest BCUT2D eigenvalue weighted by Gasteiger charge is 2.21. The van der Waals surface area contributed by atoms with Crippen molar-refractivity contribution in [2.24, 2.45) is 0 Å². The first kappa shape index (κ1) is 18.6. The number of morpholine rings is 2. The molecule has 2 fully saturated rings. The van der Waals surface area contributed by atoms with E-state index >= 15 is 0 Å². The summed E-state index contributed by atoms with van der Waals surface area (Å²) in [6.45, 7) is 5.50. The number of anilines is 2. The first-order valence-corrected chi connectivity index (χ1v) is 9.78. The lowest BCUT2D eigenvalue weighted by Crippen LogP contribution is -2.40. The van der Waals surface area contributed by atoms with Crippen LogP contribution in [0.2, 0.25) is 0 Å². The molecule has 0 N–H and O–H groups in total. The van der Waals surface area contributed by atoms with E-state index in [0.29, 0.717) is 44.1 Å². The summed E-state index contributed by atoms with van der Waals surface area (Å²) in [5, 5.41) is 11.2. The van der Waals surface area contributed by atoms with Crippen molar-refractivity contribution in [2.45, 2.75) is 0 Å².